The minimum atomic E-state index is 0.502. The highest BCUT2D eigenvalue weighted by Crippen LogP contribution is 2.30. The molecule has 2 heteroatoms. The zero-order chi connectivity index (χ0) is 20.9. The van der Waals surface area contributed by atoms with E-state index < -0.39 is 0 Å². The van der Waals surface area contributed by atoms with Crippen LogP contribution in [0.3, 0.4) is 0 Å². The number of rotatable bonds is 4. The highest BCUT2D eigenvalue weighted by Gasteiger charge is 2.12. The minimum absolute atomic E-state index is 0.502. The summed E-state index contributed by atoms with van der Waals surface area (Å²) in [5, 5.41) is 2.20. The van der Waals surface area contributed by atoms with Crippen LogP contribution in [-0.4, -0.2) is 0 Å². The summed E-state index contributed by atoms with van der Waals surface area (Å²) < 4.78 is 5.39. The molecule has 0 amide bonds. The van der Waals surface area contributed by atoms with Gasteiger partial charge in [-0.15, -0.1) is 11.3 Å². The summed E-state index contributed by atoms with van der Waals surface area (Å²) in [7, 11) is 0. The maximum absolute atomic E-state index is 5.39. The molecule has 2 heterocycles. The third-order valence-electron chi connectivity index (χ3n) is 3.75. The standard InChI is InChI=1S/C10H16O.C10H16S.2C2H6/c2*1-7(2)9-5-6-11-10(9)8(3)4;2*1-2/h2*5-8H,1-4H3;2*1-2H3. The summed E-state index contributed by atoms with van der Waals surface area (Å²) in [6, 6.07) is 4.32. The van der Waals surface area contributed by atoms with Crippen LogP contribution < -0.4 is 0 Å². The molecule has 0 aliphatic carbocycles. The molecule has 0 atom stereocenters. The predicted octanol–water partition coefficient (Wildman–Crippen LogP) is 9.57. The molecule has 2 rings (SSSR count). The van der Waals surface area contributed by atoms with Crippen molar-refractivity contribution in [2.75, 3.05) is 0 Å². The van der Waals surface area contributed by atoms with Gasteiger partial charge in [0.15, 0.2) is 0 Å². The first kappa shape index (κ1) is 27.2. The van der Waals surface area contributed by atoms with E-state index >= 15 is 0 Å². The molecule has 0 aliphatic heterocycles. The van der Waals surface area contributed by atoms with Crippen molar-refractivity contribution in [1.82, 2.24) is 0 Å². The van der Waals surface area contributed by atoms with Gasteiger partial charge in [-0.1, -0.05) is 83.1 Å². The average Bonchev–Trinajstić information content (AvgIpc) is 3.28. The van der Waals surface area contributed by atoms with Gasteiger partial charge < -0.3 is 4.42 Å². The molecule has 2 aromatic rings. The third kappa shape index (κ3) is 9.07. The first-order chi connectivity index (χ1) is 12.3. The lowest BCUT2D eigenvalue weighted by atomic mass is 9.99. The van der Waals surface area contributed by atoms with E-state index in [0.29, 0.717) is 23.7 Å². The van der Waals surface area contributed by atoms with Crippen LogP contribution in [-0.2, 0) is 0 Å². The molecule has 26 heavy (non-hydrogen) atoms. The Labute approximate surface area is 168 Å². The van der Waals surface area contributed by atoms with Crippen molar-refractivity contribution in [3.8, 4) is 0 Å². The van der Waals surface area contributed by atoms with Gasteiger partial charge in [0.25, 0.3) is 0 Å². The fourth-order valence-corrected chi connectivity index (χ4v) is 3.63. The van der Waals surface area contributed by atoms with Crippen LogP contribution in [0.1, 0.15) is 129 Å². The minimum Gasteiger partial charge on any atom is -0.469 e. The van der Waals surface area contributed by atoms with E-state index in [2.05, 4.69) is 72.9 Å². The van der Waals surface area contributed by atoms with Gasteiger partial charge in [-0.3, -0.25) is 0 Å². The molecule has 0 spiro atoms. The topological polar surface area (TPSA) is 13.1 Å². The second-order valence-corrected chi connectivity index (χ2v) is 8.05. The number of thiophene rings is 1. The fourth-order valence-electron chi connectivity index (χ4n) is 2.55. The second-order valence-electron chi connectivity index (χ2n) is 7.10. The Morgan fingerprint density at radius 1 is 0.654 bits per heavy atom. The highest BCUT2D eigenvalue weighted by atomic mass is 32.1. The van der Waals surface area contributed by atoms with Crippen molar-refractivity contribution in [3.05, 3.63) is 45.5 Å². The lowest BCUT2D eigenvalue weighted by Crippen LogP contribution is -1.93. The molecule has 0 saturated heterocycles. The molecule has 0 fully saturated rings. The molecule has 152 valence electrons. The highest BCUT2D eigenvalue weighted by molar-refractivity contribution is 7.10. The first-order valence-electron chi connectivity index (χ1n) is 10.4. The smallest absolute Gasteiger partial charge is 0.109 e. The van der Waals surface area contributed by atoms with Crippen molar-refractivity contribution in [1.29, 1.82) is 0 Å². The maximum Gasteiger partial charge on any atom is 0.109 e. The van der Waals surface area contributed by atoms with Crippen LogP contribution in [0.15, 0.2) is 28.2 Å². The Kier molecular flexibility index (Phi) is 15.8. The Balaban J connectivity index is 0. The Hall–Kier alpha value is -1.02. The van der Waals surface area contributed by atoms with E-state index in [9.17, 15) is 0 Å². The van der Waals surface area contributed by atoms with Crippen molar-refractivity contribution >= 4 is 11.3 Å². The van der Waals surface area contributed by atoms with Crippen molar-refractivity contribution < 1.29 is 4.42 Å². The molecule has 0 bridgehead atoms. The van der Waals surface area contributed by atoms with E-state index in [1.54, 1.807) is 11.1 Å². The van der Waals surface area contributed by atoms with Crippen LogP contribution in [0.2, 0.25) is 0 Å². The molecule has 0 radical (unpaired) electrons. The second kappa shape index (κ2) is 15.1. The SMILES string of the molecule is CC.CC.CC(C)c1ccoc1C(C)C.CC(C)c1ccsc1C(C)C. The van der Waals surface area contributed by atoms with Crippen molar-refractivity contribution in [3.63, 3.8) is 0 Å². The van der Waals surface area contributed by atoms with Gasteiger partial charge >= 0.3 is 0 Å². The van der Waals surface area contributed by atoms with Gasteiger partial charge in [-0.25, -0.2) is 0 Å². The van der Waals surface area contributed by atoms with E-state index in [0.717, 1.165) is 5.76 Å². The first-order valence-corrected chi connectivity index (χ1v) is 11.3. The number of hydrogen-bond donors (Lipinski definition) is 0. The molecule has 0 N–H and O–H groups in total. The average molecular weight is 381 g/mol. The van der Waals surface area contributed by atoms with Gasteiger partial charge in [0.1, 0.15) is 5.76 Å². The normalized spacial score (nSPS) is 10.2. The summed E-state index contributed by atoms with van der Waals surface area (Å²) in [4.78, 5) is 1.56. The van der Waals surface area contributed by atoms with Crippen LogP contribution in [0, 0.1) is 0 Å². The molecule has 1 nitrogen and oxygen atoms in total. The lowest BCUT2D eigenvalue weighted by molar-refractivity contribution is 0.479. The zero-order valence-corrected chi connectivity index (χ0v) is 20.3. The molecule has 0 unspecified atom stereocenters. The summed E-state index contributed by atoms with van der Waals surface area (Å²) in [6.07, 6.45) is 1.78. The Morgan fingerprint density at radius 2 is 1.15 bits per heavy atom. The van der Waals surface area contributed by atoms with Crippen LogP contribution in [0.25, 0.3) is 0 Å². The lowest BCUT2D eigenvalue weighted by Gasteiger charge is -2.08. The van der Waals surface area contributed by atoms with Gasteiger partial charge in [-0.05, 0) is 46.4 Å². The summed E-state index contributed by atoms with van der Waals surface area (Å²) >= 11 is 1.89. The maximum atomic E-state index is 5.39. The summed E-state index contributed by atoms with van der Waals surface area (Å²) in [6.45, 7) is 25.7. The Bertz CT molecular complexity index is 449. The van der Waals surface area contributed by atoms with Crippen molar-refractivity contribution in [2.24, 2.45) is 0 Å². The van der Waals surface area contributed by atoms with Crippen LogP contribution >= 0.6 is 11.3 Å². The summed E-state index contributed by atoms with van der Waals surface area (Å²) in [5.74, 6) is 3.58. The van der Waals surface area contributed by atoms with E-state index in [1.807, 2.05) is 39.0 Å². The van der Waals surface area contributed by atoms with Gasteiger partial charge in [0.2, 0.25) is 0 Å². The monoisotopic (exact) mass is 380 g/mol. The van der Waals surface area contributed by atoms with Gasteiger partial charge in [0.05, 0.1) is 6.26 Å². The molecular weight excluding hydrogens is 336 g/mol. The largest absolute Gasteiger partial charge is 0.469 e. The number of furan rings is 1. The van der Waals surface area contributed by atoms with Crippen molar-refractivity contribution in [2.45, 2.75) is 107 Å². The number of hydrogen-bond acceptors (Lipinski definition) is 2. The van der Waals surface area contributed by atoms with Crippen LogP contribution in [0.5, 0.6) is 0 Å². The molecular formula is C24H44OS. The van der Waals surface area contributed by atoms with E-state index in [1.165, 1.54) is 11.1 Å². The zero-order valence-electron chi connectivity index (χ0n) is 19.4. The molecule has 0 saturated carbocycles. The summed E-state index contributed by atoms with van der Waals surface area (Å²) in [5.41, 5.74) is 2.88. The molecule has 2 aromatic heterocycles. The van der Waals surface area contributed by atoms with Gasteiger partial charge in [-0.2, -0.15) is 0 Å². The van der Waals surface area contributed by atoms with Gasteiger partial charge in [0, 0.05) is 10.8 Å². The molecule has 0 aliphatic rings. The predicted molar refractivity (Wildman–Crippen MR) is 122 cm³/mol. The fraction of sp³-hybridized carbons (Fsp3) is 0.667. The van der Waals surface area contributed by atoms with Crippen LogP contribution in [0.4, 0.5) is 0 Å². The van der Waals surface area contributed by atoms with E-state index in [4.69, 9.17) is 4.42 Å². The third-order valence-corrected chi connectivity index (χ3v) is 4.98. The van der Waals surface area contributed by atoms with E-state index in [-0.39, 0.29) is 0 Å². The quantitative estimate of drug-likeness (QED) is 0.514. The Morgan fingerprint density at radius 3 is 1.46 bits per heavy atom. The molecule has 0 aromatic carbocycles.